The Morgan fingerprint density at radius 2 is 2.14 bits per heavy atom. The summed E-state index contributed by atoms with van der Waals surface area (Å²) >= 11 is 6.08. The van der Waals surface area contributed by atoms with E-state index in [0.29, 0.717) is 18.7 Å². The van der Waals surface area contributed by atoms with Crippen molar-refractivity contribution in [3.8, 4) is 5.75 Å². The van der Waals surface area contributed by atoms with Gasteiger partial charge in [0.2, 0.25) is 0 Å². The summed E-state index contributed by atoms with van der Waals surface area (Å²) in [6.07, 6.45) is 1.71. The Bertz CT molecular complexity index is 870. The van der Waals surface area contributed by atoms with E-state index in [1.807, 2.05) is 0 Å². The van der Waals surface area contributed by atoms with Crippen LogP contribution in [-0.4, -0.2) is 40.2 Å². The Kier molecular flexibility index (Phi) is 6.33. The second-order valence-corrected chi connectivity index (χ2v) is 6.90. The van der Waals surface area contributed by atoms with Gasteiger partial charge in [-0.2, -0.15) is 0 Å². The largest absolute Gasteiger partial charge is 0.508 e. The molecule has 1 atom stereocenters. The fourth-order valence-corrected chi connectivity index (χ4v) is 3.24. The van der Waals surface area contributed by atoms with E-state index in [9.17, 15) is 20.0 Å². The van der Waals surface area contributed by atoms with Crippen LogP contribution in [0.2, 0.25) is 5.02 Å². The molecule has 1 saturated heterocycles. The molecule has 0 saturated carbocycles. The third-order valence-electron chi connectivity index (χ3n) is 4.49. The van der Waals surface area contributed by atoms with E-state index in [4.69, 9.17) is 16.3 Å². The van der Waals surface area contributed by atoms with Gasteiger partial charge >= 0.3 is 6.03 Å². The number of halogens is 1. The minimum absolute atomic E-state index is 0.0715. The van der Waals surface area contributed by atoms with E-state index >= 15 is 0 Å². The van der Waals surface area contributed by atoms with Gasteiger partial charge < -0.3 is 20.1 Å². The van der Waals surface area contributed by atoms with E-state index < -0.39 is 11.0 Å². The average molecular weight is 406 g/mol. The second kappa shape index (κ2) is 8.90. The lowest BCUT2D eigenvalue weighted by atomic mass is 10.1. The molecule has 1 fully saturated rings. The second-order valence-electron chi connectivity index (χ2n) is 6.50. The minimum atomic E-state index is -0.556. The molecule has 3 rings (SSSR count). The lowest BCUT2D eigenvalue weighted by molar-refractivity contribution is -0.384. The van der Waals surface area contributed by atoms with Crippen LogP contribution < -0.4 is 5.32 Å². The molecule has 0 radical (unpaired) electrons. The fraction of sp³-hybridized carbons (Fsp3) is 0.316. The zero-order valence-electron chi connectivity index (χ0n) is 15.0. The van der Waals surface area contributed by atoms with Gasteiger partial charge in [-0.15, -0.1) is 0 Å². The molecule has 2 aromatic rings. The normalized spacial score (nSPS) is 16.0. The van der Waals surface area contributed by atoms with Crippen molar-refractivity contribution in [3.63, 3.8) is 0 Å². The Morgan fingerprint density at radius 1 is 1.36 bits per heavy atom. The highest BCUT2D eigenvalue weighted by Crippen LogP contribution is 2.27. The number of ether oxygens (including phenoxy) is 1. The molecule has 0 bridgehead atoms. The number of para-hydroxylation sites is 1. The number of non-ortho nitro benzene ring substituents is 1. The highest BCUT2D eigenvalue weighted by atomic mass is 35.5. The molecule has 28 heavy (non-hydrogen) atoms. The Balaban J connectivity index is 1.77. The Labute approximate surface area is 166 Å². The van der Waals surface area contributed by atoms with Crippen molar-refractivity contribution in [1.82, 2.24) is 4.90 Å². The maximum absolute atomic E-state index is 12.9. The molecule has 0 aromatic heterocycles. The lowest BCUT2D eigenvalue weighted by Gasteiger charge is -2.26. The number of nitro groups is 1. The number of rotatable bonds is 6. The molecule has 0 unspecified atom stereocenters. The first-order chi connectivity index (χ1) is 13.4. The van der Waals surface area contributed by atoms with Gasteiger partial charge in [-0.1, -0.05) is 29.8 Å². The first-order valence-corrected chi connectivity index (χ1v) is 9.20. The number of phenolic OH excluding ortho intramolecular Hbond substituents is 1. The summed E-state index contributed by atoms with van der Waals surface area (Å²) in [5.74, 6) is 0.0982. The van der Waals surface area contributed by atoms with Crippen LogP contribution in [0.25, 0.3) is 0 Å². The van der Waals surface area contributed by atoms with Crippen molar-refractivity contribution in [1.29, 1.82) is 0 Å². The Hall–Kier alpha value is -2.84. The van der Waals surface area contributed by atoms with Gasteiger partial charge in [0.1, 0.15) is 5.75 Å². The van der Waals surface area contributed by atoms with Crippen LogP contribution in [-0.2, 0) is 11.3 Å². The van der Waals surface area contributed by atoms with Crippen LogP contribution in [0.5, 0.6) is 5.75 Å². The predicted molar refractivity (Wildman–Crippen MR) is 105 cm³/mol. The number of nitrogens with one attached hydrogen (secondary N) is 1. The average Bonchev–Trinajstić information content (AvgIpc) is 3.17. The number of aromatic hydroxyl groups is 1. The number of hydrogen-bond acceptors (Lipinski definition) is 5. The van der Waals surface area contributed by atoms with E-state index in [1.54, 1.807) is 24.3 Å². The minimum Gasteiger partial charge on any atom is -0.508 e. The summed E-state index contributed by atoms with van der Waals surface area (Å²) in [6, 6.07) is 10.2. The molecule has 1 aliphatic rings. The molecule has 2 amide bonds. The number of nitro benzene ring substituents is 1. The van der Waals surface area contributed by atoms with Gasteiger partial charge in [-0.05, 0) is 25.0 Å². The molecule has 2 aromatic carbocycles. The number of benzene rings is 2. The number of anilines is 1. The third kappa shape index (κ3) is 4.90. The number of nitrogens with zero attached hydrogens (tertiary/aromatic N) is 2. The van der Waals surface area contributed by atoms with Crippen LogP contribution in [0.3, 0.4) is 0 Å². The van der Waals surface area contributed by atoms with Gasteiger partial charge in [0.15, 0.2) is 0 Å². The molecule has 9 heteroatoms. The van der Waals surface area contributed by atoms with Crippen molar-refractivity contribution in [2.24, 2.45) is 0 Å². The SMILES string of the molecule is O=C(Nc1ccc([N+](=O)[O-])cc1Cl)N(Cc1ccccc1O)C[C@H]1CCCO1. The molecule has 148 valence electrons. The first-order valence-electron chi connectivity index (χ1n) is 8.82. The zero-order valence-corrected chi connectivity index (χ0v) is 15.8. The van der Waals surface area contributed by atoms with Crippen LogP contribution >= 0.6 is 11.6 Å². The molecule has 1 heterocycles. The van der Waals surface area contributed by atoms with Gasteiger partial charge in [-0.25, -0.2) is 4.79 Å². The predicted octanol–water partition coefficient (Wildman–Crippen LogP) is 4.17. The van der Waals surface area contributed by atoms with Crippen LogP contribution in [0.4, 0.5) is 16.2 Å². The van der Waals surface area contributed by atoms with E-state index in [-0.39, 0.29) is 34.8 Å². The highest BCUT2D eigenvalue weighted by Gasteiger charge is 2.24. The summed E-state index contributed by atoms with van der Waals surface area (Å²) in [4.78, 5) is 24.7. The van der Waals surface area contributed by atoms with Crippen LogP contribution in [0.15, 0.2) is 42.5 Å². The van der Waals surface area contributed by atoms with Gasteiger partial charge in [0, 0.05) is 30.8 Å². The van der Waals surface area contributed by atoms with E-state index in [0.717, 1.165) is 12.8 Å². The molecule has 8 nitrogen and oxygen atoms in total. The Morgan fingerprint density at radius 3 is 2.79 bits per heavy atom. The van der Waals surface area contributed by atoms with Gasteiger partial charge in [0.25, 0.3) is 5.69 Å². The lowest BCUT2D eigenvalue weighted by Crippen LogP contribution is -2.39. The zero-order chi connectivity index (χ0) is 20.1. The van der Waals surface area contributed by atoms with Gasteiger partial charge in [-0.3, -0.25) is 10.1 Å². The summed E-state index contributed by atoms with van der Waals surface area (Å²) in [6.45, 7) is 1.19. The van der Waals surface area contributed by atoms with Gasteiger partial charge in [0.05, 0.1) is 28.3 Å². The van der Waals surface area contributed by atoms with E-state index in [2.05, 4.69) is 5.32 Å². The summed E-state index contributed by atoms with van der Waals surface area (Å²) in [5.41, 5.74) is 0.714. The number of urea groups is 1. The van der Waals surface area contributed by atoms with Crippen molar-refractivity contribution in [2.75, 3.05) is 18.5 Å². The smallest absolute Gasteiger partial charge is 0.322 e. The molecular weight excluding hydrogens is 386 g/mol. The monoisotopic (exact) mass is 405 g/mol. The molecule has 2 N–H and O–H groups in total. The third-order valence-corrected chi connectivity index (χ3v) is 4.81. The highest BCUT2D eigenvalue weighted by molar-refractivity contribution is 6.33. The van der Waals surface area contributed by atoms with Crippen LogP contribution in [0.1, 0.15) is 18.4 Å². The number of phenols is 1. The molecular formula is C19H20ClN3O5. The summed E-state index contributed by atoms with van der Waals surface area (Å²) in [7, 11) is 0. The fourth-order valence-electron chi connectivity index (χ4n) is 3.02. The summed E-state index contributed by atoms with van der Waals surface area (Å²) in [5, 5.41) is 23.6. The number of amides is 2. The van der Waals surface area contributed by atoms with Crippen molar-refractivity contribution in [3.05, 3.63) is 63.2 Å². The number of carbonyl (C=O) groups is 1. The number of carbonyl (C=O) groups excluding carboxylic acids is 1. The maximum atomic E-state index is 12.9. The van der Waals surface area contributed by atoms with Crippen molar-refractivity contribution in [2.45, 2.75) is 25.5 Å². The van der Waals surface area contributed by atoms with E-state index in [1.165, 1.54) is 23.1 Å². The molecule has 1 aliphatic heterocycles. The standard InChI is InChI=1S/C19H20ClN3O5/c20-16-10-14(23(26)27)7-8-17(16)21-19(25)22(12-15-5-3-9-28-15)11-13-4-1-2-6-18(13)24/h1-2,4,6-8,10,15,24H,3,5,9,11-12H2,(H,21,25)/t15-/m1/s1. The van der Waals surface area contributed by atoms with Crippen LogP contribution in [0, 0.1) is 10.1 Å². The quantitative estimate of drug-likeness (QED) is 0.554. The number of hydrogen-bond donors (Lipinski definition) is 2. The molecule has 0 aliphatic carbocycles. The van der Waals surface area contributed by atoms with Crippen molar-refractivity contribution < 1.29 is 19.6 Å². The topological polar surface area (TPSA) is 105 Å². The maximum Gasteiger partial charge on any atom is 0.322 e. The summed E-state index contributed by atoms with van der Waals surface area (Å²) < 4.78 is 5.63. The van der Waals surface area contributed by atoms with Crippen molar-refractivity contribution >= 4 is 29.0 Å². The first kappa shape index (κ1) is 19.9. The molecule has 0 spiro atoms.